The number of anilines is 2. The van der Waals surface area contributed by atoms with E-state index in [2.05, 4.69) is 10.1 Å². The van der Waals surface area contributed by atoms with Gasteiger partial charge in [0.25, 0.3) is 5.91 Å². The summed E-state index contributed by atoms with van der Waals surface area (Å²) >= 11 is 6.20. The molecule has 5 N–H and O–H groups in total. The van der Waals surface area contributed by atoms with Gasteiger partial charge in [-0.2, -0.15) is 0 Å². The van der Waals surface area contributed by atoms with E-state index in [-0.39, 0.29) is 11.6 Å². The van der Waals surface area contributed by atoms with E-state index in [1.54, 1.807) is 6.07 Å². The second kappa shape index (κ2) is 6.09. The molecule has 1 aromatic rings. The van der Waals surface area contributed by atoms with Gasteiger partial charge in [-0.15, -0.1) is 0 Å². The minimum absolute atomic E-state index is 0.0770. The number of ether oxygens (including phenoxy) is 1. The number of nitrogens with zero attached hydrogens (tertiary/aromatic N) is 1. The molecule has 1 aromatic carbocycles. The normalized spacial score (nSPS) is 17.6. The van der Waals surface area contributed by atoms with E-state index < -0.39 is 12.0 Å². The van der Waals surface area contributed by atoms with Crippen molar-refractivity contribution in [3.8, 4) is 0 Å². The number of nitrogens with one attached hydrogen (secondary N) is 1. The third kappa shape index (κ3) is 3.30. The highest BCUT2D eigenvalue weighted by atomic mass is 35.5. The van der Waals surface area contributed by atoms with Crippen LogP contribution in [0.25, 0.3) is 0 Å². The zero-order chi connectivity index (χ0) is 15.6. The predicted octanol–water partition coefficient (Wildman–Crippen LogP) is 0.956. The Hall–Kier alpha value is -2.15. The van der Waals surface area contributed by atoms with Crippen molar-refractivity contribution in [2.24, 2.45) is 5.73 Å². The van der Waals surface area contributed by atoms with Crippen LogP contribution in [0.3, 0.4) is 0 Å². The average Bonchev–Trinajstić information content (AvgIpc) is 2.85. The van der Waals surface area contributed by atoms with Crippen LogP contribution >= 0.6 is 11.6 Å². The van der Waals surface area contributed by atoms with Gasteiger partial charge in [-0.25, -0.2) is 4.79 Å². The Morgan fingerprint density at radius 2 is 2.19 bits per heavy atom. The molecule has 1 aliphatic rings. The molecule has 0 saturated carbocycles. The van der Waals surface area contributed by atoms with Gasteiger partial charge in [0.2, 0.25) is 0 Å². The SMILES string of the molecule is COC(=O)NC1CCN(c2c(Cl)cc(N)cc2C(N)=O)C1. The third-order valence-corrected chi connectivity index (χ3v) is 3.65. The lowest BCUT2D eigenvalue weighted by molar-refractivity contribution is 0.100. The van der Waals surface area contributed by atoms with Crippen LogP contribution in [0, 0.1) is 0 Å². The fraction of sp³-hybridized carbons (Fsp3) is 0.385. The lowest BCUT2D eigenvalue weighted by Crippen LogP contribution is -2.37. The predicted molar refractivity (Wildman–Crippen MR) is 80.5 cm³/mol. The van der Waals surface area contributed by atoms with Crippen LogP contribution in [0.1, 0.15) is 16.8 Å². The van der Waals surface area contributed by atoms with Crippen molar-refractivity contribution in [3.63, 3.8) is 0 Å². The molecule has 0 spiro atoms. The van der Waals surface area contributed by atoms with Crippen molar-refractivity contribution in [2.75, 3.05) is 30.8 Å². The molecular weight excluding hydrogens is 296 g/mol. The first-order valence-electron chi connectivity index (χ1n) is 6.40. The van der Waals surface area contributed by atoms with E-state index in [1.165, 1.54) is 13.2 Å². The molecule has 1 aliphatic heterocycles. The highest BCUT2D eigenvalue weighted by molar-refractivity contribution is 6.34. The summed E-state index contributed by atoms with van der Waals surface area (Å²) in [7, 11) is 1.31. The van der Waals surface area contributed by atoms with Gasteiger partial charge in [-0.05, 0) is 18.6 Å². The summed E-state index contributed by atoms with van der Waals surface area (Å²) in [5.41, 5.74) is 12.3. The standard InChI is InChI=1S/C13H17ClN4O3/c1-21-13(20)17-8-2-3-18(6-8)11-9(12(16)19)4-7(15)5-10(11)14/h4-5,8H,2-3,6,15H2,1H3,(H2,16,19)(H,17,20). The minimum Gasteiger partial charge on any atom is -0.453 e. The van der Waals surface area contributed by atoms with Crippen molar-refractivity contribution in [1.82, 2.24) is 5.32 Å². The van der Waals surface area contributed by atoms with E-state index in [4.69, 9.17) is 23.1 Å². The molecule has 21 heavy (non-hydrogen) atoms. The fourth-order valence-electron chi connectivity index (χ4n) is 2.44. The number of amides is 2. The number of benzene rings is 1. The monoisotopic (exact) mass is 312 g/mol. The molecule has 1 heterocycles. The van der Waals surface area contributed by atoms with Crippen LogP contribution in [0.15, 0.2) is 12.1 Å². The Labute approximate surface area is 127 Å². The quantitative estimate of drug-likeness (QED) is 0.720. The molecule has 114 valence electrons. The molecule has 8 heteroatoms. The average molecular weight is 313 g/mol. The van der Waals surface area contributed by atoms with Crippen molar-refractivity contribution in [3.05, 3.63) is 22.7 Å². The van der Waals surface area contributed by atoms with Crippen molar-refractivity contribution < 1.29 is 14.3 Å². The second-order valence-corrected chi connectivity index (χ2v) is 5.24. The number of halogens is 1. The van der Waals surface area contributed by atoms with E-state index in [0.717, 1.165) is 0 Å². The van der Waals surface area contributed by atoms with E-state index in [9.17, 15) is 9.59 Å². The maximum Gasteiger partial charge on any atom is 0.407 e. The van der Waals surface area contributed by atoms with Crippen molar-refractivity contribution >= 4 is 35.0 Å². The van der Waals surface area contributed by atoms with Crippen LogP contribution in [0.4, 0.5) is 16.2 Å². The summed E-state index contributed by atoms with van der Waals surface area (Å²) in [4.78, 5) is 24.7. The van der Waals surface area contributed by atoms with Crippen LogP contribution in [-0.2, 0) is 4.74 Å². The number of hydrogen-bond donors (Lipinski definition) is 3. The molecule has 1 unspecified atom stereocenters. The summed E-state index contributed by atoms with van der Waals surface area (Å²) in [6.07, 6.45) is 0.231. The molecule has 1 saturated heterocycles. The van der Waals surface area contributed by atoms with Crippen LogP contribution < -0.4 is 21.7 Å². The smallest absolute Gasteiger partial charge is 0.407 e. The Bertz CT molecular complexity index is 579. The Morgan fingerprint density at radius 1 is 1.48 bits per heavy atom. The Kier molecular flexibility index (Phi) is 4.42. The van der Waals surface area contributed by atoms with Crippen LogP contribution in [-0.4, -0.2) is 38.2 Å². The zero-order valence-corrected chi connectivity index (χ0v) is 12.3. The molecule has 1 fully saturated rings. The second-order valence-electron chi connectivity index (χ2n) is 4.83. The maximum absolute atomic E-state index is 11.6. The highest BCUT2D eigenvalue weighted by Gasteiger charge is 2.28. The number of nitrogen functional groups attached to an aromatic ring is 1. The largest absolute Gasteiger partial charge is 0.453 e. The summed E-state index contributed by atoms with van der Waals surface area (Å²) in [5.74, 6) is -0.594. The van der Waals surface area contributed by atoms with Crippen LogP contribution in [0.5, 0.6) is 0 Å². The molecule has 1 atom stereocenters. The molecule has 2 rings (SSSR count). The summed E-state index contributed by atoms with van der Waals surface area (Å²) < 4.78 is 4.57. The zero-order valence-electron chi connectivity index (χ0n) is 11.6. The highest BCUT2D eigenvalue weighted by Crippen LogP contribution is 2.34. The number of alkyl carbamates (subject to hydrolysis) is 1. The Morgan fingerprint density at radius 3 is 2.81 bits per heavy atom. The topological polar surface area (TPSA) is 111 Å². The van der Waals surface area contributed by atoms with Gasteiger partial charge in [0.1, 0.15) is 0 Å². The molecule has 7 nitrogen and oxygen atoms in total. The first-order chi connectivity index (χ1) is 9.92. The van der Waals surface area contributed by atoms with E-state index in [0.29, 0.717) is 35.9 Å². The number of methoxy groups -OCH3 is 1. The lowest BCUT2D eigenvalue weighted by Gasteiger charge is -2.23. The Balaban J connectivity index is 2.23. The number of hydrogen-bond acceptors (Lipinski definition) is 5. The first-order valence-corrected chi connectivity index (χ1v) is 6.78. The third-order valence-electron chi connectivity index (χ3n) is 3.36. The lowest BCUT2D eigenvalue weighted by atomic mass is 10.1. The van der Waals surface area contributed by atoms with Crippen molar-refractivity contribution in [1.29, 1.82) is 0 Å². The van der Waals surface area contributed by atoms with Gasteiger partial charge in [-0.3, -0.25) is 4.79 Å². The fourth-order valence-corrected chi connectivity index (χ4v) is 2.78. The number of carbonyl (C=O) groups excluding carboxylic acids is 2. The van der Waals surface area contributed by atoms with Crippen LogP contribution in [0.2, 0.25) is 5.02 Å². The molecule has 0 bridgehead atoms. The molecule has 2 amide bonds. The number of nitrogens with two attached hydrogens (primary N) is 2. The van der Waals surface area contributed by atoms with Gasteiger partial charge in [0.05, 0.1) is 29.4 Å². The summed E-state index contributed by atoms with van der Waals surface area (Å²) in [6.45, 7) is 1.15. The van der Waals surface area contributed by atoms with Crippen molar-refractivity contribution in [2.45, 2.75) is 12.5 Å². The molecular formula is C13H17ClN4O3. The van der Waals surface area contributed by atoms with Gasteiger partial charge in [0, 0.05) is 18.8 Å². The van der Waals surface area contributed by atoms with Gasteiger partial charge >= 0.3 is 6.09 Å². The minimum atomic E-state index is -0.594. The van der Waals surface area contributed by atoms with Gasteiger partial charge in [-0.1, -0.05) is 11.6 Å². The number of rotatable bonds is 3. The number of carbonyl (C=O) groups is 2. The van der Waals surface area contributed by atoms with E-state index >= 15 is 0 Å². The molecule has 0 aliphatic carbocycles. The number of primary amides is 1. The van der Waals surface area contributed by atoms with E-state index in [1.807, 2.05) is 4.90 Å². The van der Waals surface area contributed by atoms with Gasteiger partial charge in [0.15, 0.2) is 0 Å². The van der Waals surface area contributed by atoms with Gasteiger partial charge < -0.3 is 26.4 Å². The molecule has 0 aromatic heterocycles. The summed E-state index contributed by atoms with van der Waals surface area (Å²) in [6, 6.07) is 3.00. The first kappa shape index (κ1) is 15.2. The maximum atomic E-state index is 11.6. The molecule has 0 radical (unpaired) electrons. The summed E-state index contributed by atoms with van der Waals surface area (Å²) in [5, 5.41) is 3.08.